The third-order valence-corrected chi connectivity index (χ3v) is 2.21. The van der Waals surface area contributed by atoms with Gasteiger partial charge >= 0.3 is 0 Å². The third-order valence-electron chi connectivity index (χ3n) is 2.21. The Labute approximate surface area is 100.0 Å². The van der Waals surface area contributed by atoms with Gasteiger partial charge in [-0.15, -0.1) is 0 Å². The molecule has 1 nitrogen and oxygen atoms in total. The van der Waals surface area contributed by atoms with E-state index in [1.807, 2.05) is 13.1 Å². The Kier molecular flexibility index (Phi) is 7.19. The van der Waals surface area contributed by atoms with E-state index in [1.165, 1.54) is 5.57 Å². The maximum Gasteiger partial charge on any atom is 0.0277 e. The van der Waals surface area contributed by atoms with Crippen molar-refractivity contribution in [1.82, 2.24) is 0 Å². The first-order valence-electron chi connectivity index (χ1n) is 5.64. The monoisotopic (exact) mass is 217 g/mol. The molecular weight excluding hydrogens is 194 g/mol. The van der Waals surface area contributed by atoms with E-state index in [2.05, 4.69) is 44.1 Å². The lowest BCUT2D eigenvalue weighted by Crippen LogP contribution is -1.91. The zero-order valence-corrected chi connectivity index (χ0v) is 11.0. The summed E-state index contributed by atoms with van der Waals surface area (Å²) >= 11 is 0. The first-order valence-corrected chi connectivity index (χ1v) is 5.64. The molecule has 0 aromatic rings. The lowest BCUT2D eigenvalue weighted by molar-refractivity contribution is 1.13. The van der Waals surface area contributed by atoms with Crippen molar-refractivity contribution in [3.05, 3.63) is 47.6 Å². The molecule has 0 saturated carbocycles. The van der Waals surface area contributed by atoms with Gasteiger partial charge in [0.25, 0.3) is 0 Å². The number of nitrogens with zero attached hydrogens (tertiary/aromatic N) is 1. The lowest BCUT2D eigenvalue weighted by atomic mass is 9.99. The van der Waals surface area contributed by atoms with Gasteiger partial charge in [-0.3, -0.25) is 4.99 Å². The van der Waals surface area contributed by atoms with E-state index in [-0.39, 0.29) is 0 Å². The molecule has 0 fully saturated rings. The number of hydrogen-bond acceptors (Lipinski definition) is 1. The predicted molar refractivity (Wildman–Crippen MR) is 75.1 cm³/mol. The van der Waals surface area contributed by atoms with Gasteiger partial charge in [0.1, 0.15) is 0 Å². The van der Waals surface area contributed by atoms with Crippen molar-refractivity contribution in [2.24, 2.45) is 4.99 Å². The van der Waals surface area contributed by atoms with Crippen molar-refractivity contribution < 1.29 is 0 Å². The Morgan fingerprint density at radius 3 is 2.31 bits per heavy atom. The van der Waals surface area contributed by atoms with Crippen LogP contribution in [0.4, 0.5) is 0 Å². The quantitative estimate of drug-likeness (QED) is 0.459. The topological polar surface area (TPSA) is 12.4 Å². The summed E-state index contributed by atoms with van der Waals surface area (Å²) in [5.74, 6) is 0. The summed E-state index contributed by atoms with van der Waals surface area (Å²) in [4.78, 5) is 4.05. The van der Waals surface area contributed by atoms with Crippen LogP contribution < -0.4 is 0 Å². The van der Waals surface area contributed by atoms with E-state index < -0.39 is 0 Å². The van der Waals surface area contributed by atoms with Crippen molar-refractivity contribution >= 4 is 6.21 Å². The summed E-state index contributed by atoms with van der Waals surface area (Å²) in [5.41, 5.74) is 4.61. The Bertz CT molecular complexity index is 340. The summed E-state index contributed by atoms with van der Waals surface area (Å²) in [5, 5.41) is 0. The molecule has 0 bridgehead atoms. The fourth-order valence-corrected chi connectivity index (χ4v) is 1.45. The highest BCUT2D eigenvalue weighted by atomic mass is 14.6. The smallest absolute Gasteiger partial charge is 0.0277 e. The summed E-state index contributed by atoms with van der Waals surface area (Å²) in [6.45, 7) is 14.2. The van der Waals surface area contributed by atoms with Gasteiger partial charge in [0, 0.05) is 13.3 Å². The summed E-state index contributed by atoms with van der Waals surface area (Å²) in [6, 6.07) is 0. The van der Waals surface area contributed by atoms with Crippen molar-refractivity contribution in [1.29, 1.82) is 0 Å². The van der Waals surface area contributed by atoms with E-state index in [9.17, 15) is 0 Å². The highest BCUT2D eigenvalue weighted by Gasteiger charge is 2.00. The Balaban J connectivity index is 4.72. The number of hydrogen-bond donors (Lipinski definition) is 0. The second-order valence-electron chi connectivity index (χ2n) is 4.03. The molecule has 0 atom stereocenters. The molecule has 0 amide bonds. The average Bonchev–Trinajstić information content (AvgIpc) is 2.17. The van der Waals surface area contributed by atoms with E-state index in [1.54, 1.807) is 7.05 Å². The Hall–Kier alpha value is -1.37. The molecule has 0 aromatic heterocycles. The summed E-state index contributed by atoms with van der Waals surface area (Å²) < 4.78 is 0. The molecule has 88 valence electrons. The van der Waals surface area contributed by atoms with Crippen LogP contribution in [0.3, 0.4) is 0 Å². The van der Waals surface area contributed by atoms with Crippen molar-refractivity contribution in [3.63, 3.8) is 0 Å². The van der Waals surface area contributed by atoms with Crippen LogP contribution in [-0.4, -0.2) is 13.3 Å². The average molecular weight is 217 g/mol. The van der Waals surface area contributed by atoms with Crippen LogP contribution in [0.2, 0.25) is 0 Å². The molecule has 0 aliphatic carbocycles. The second kappa shape index (κ2) is 7.86. The fourth-order valence-electron chi connectivity index (χ4n) is 1.45. The molecule has 0 aliphatic rings. The molecule has 0 aromatic carbocycles. The molecule has 0 rings (SSSR count). The normalized spacial score (nSPS) is 13.2. The van der Waals surface area contributed by atoms with Crippen LogP contribution >= 0.6 is 0 Å². The summed E-state index contributed by atoms with van der Waals surface area (Å²) in [6.07, 6.45) is 8.01. The molecule has 0 spiro atoms. The van der Waals surface area contributed by atoms with Crippen LogP contribution in [-0.2, 0) is 0 Å². The molecule has 0 heterocycles. The minimum absolute atomic E-state index is 0.840. The molecular formula is C15H23N. The fraction of sp³-hybridized carbons (Fsp3) is 0.400. The first kappa shape index (κ1) is 14.6. The van der Waals surface area contributed by atoms with Gasteiger partial charge in [-0.1, -0.05) is 43.4 Å². The van der Waals surface area contributed by atoms with Crippen LogP contribution in [0.25, 0.3) is 0 Å². The first-order chi connectivity index (χ1) is 7.51. The summed E-state index contributed by atoms with van der Waals surface area (Å²) in [7, 11) is 1.78. The SMILES string of the molecule is C=C(C)/C=C(\C=N/C)CC(=C)/C(C)=C\CC. The van der Waals surface area contributed by atoms with Crippen molar-refractivity contribution in [3.8, 4) is 0 Å². The third kappa shape index (κ3) is 6.18. The standard InChI is InChI=1S/C15H23N/c1-7-8-13(4)14(5)10-15(11-16-6)9-12(2)3/h8-9,11H,2,5,7,10H2,1,3-4,6H3/b13-8-,15-9-,16-11-. The Morgan fingerprint density at radius 2 is 1.88 bits per heavy atom. The molecule has 16 heavy (non-hydrogen) atoms. The molecule has 0 N–H and O–H groups in total. The zero-order chi connectivity index (χ0) is 12.6. The Morgan fingerprint density at radius 1 is 1.25 bits per heavy atom. The van der Waals surface area contributed by atoms with Gasteiger partial charge < -0.3 is 0 Å². The van der Waals surface area contributed by atoms with Crippen molar-refractivity contribution in [2.45, 2.75) is 33.6 Å². The molecule has 0 radical (unpaired) electrons. The van der Waals surface area contributed by atoms with E-state index >= 15 is 0 Å². The van der Waals surface area contributed by atoms with Gasteiger partial charge in [-0.2, -0.15) is 0 Å². The van der Waals surface area contributed by atoms with Gasteiger partial charge in [0.2, 0.25) is 0 Å². The lowest BCUT2D eigenvalue weighted by Gasteiger charge is -2.07. The molecule has 0 saturated heterocycles. The van der Waals surface area contributed by atoms with Crippen LogP contribution in [0.5, 0.6) is 0 Å². The predicted octanol–water partition coefficient (Wildman–Crippen LogP) is 4.49. The van der Waals surface area contributed by atoms with Crippen LogP contribution in [0.1, 0.15) is 33.6 Å². The number of rotatable bonds is 6. The maximum atomic E-state index is 4.10. The second-order valence-corrected chi connectivity index (χ2v) is 4.03. The maximum absolute atomic E-state index is 4.10. The number of aliphatic imine (C=N–C) groups is 1. The van der Waals surface area contributed by atoms with Crippen molar-refractivity contribution in [2.75, 3.05) is 7.05 Å². The van der Waals surface area contributed by atoms with Crippen LogP contribution in [0.15, 0.2) is 52.6 Å². The van der Waals surface area contributed by atoms with Gasteiger partial charge in [-0.05, 0) is 37.8 Å². The minimum atomic E-state index is 0.840. The highest BCUT2D eigenvalue weighted by Crippen LogP contribution is 2.17. The van der Waals surface area contributed by atoms with Gasteiger partial charge in [-0.25, -0.2) is 0 Å². The van der Waals surface area contributed by atoms with E-state index in [4.69, 9.17) is 0 Å². The molecule has 1 heteroatoms. The number of allylic oxidation sites excluding steroid dienone is 6. The minimum Gasteiger partial charge on any atom is -0.296 e. The van der Waals surface area contributed by atoms with Gasteiger partial charge in [0.05, 0.1) is 0 Å². The van der Waals surface area contributed by atoms with E-state index in [0.29, 0.717) is 0 Å². The zero-order valence-electron chi connectivity index (χ0n) is 11.0. The van der Waals surface area contributed by atoms with E-state index in [0.717, 1.165) is 29.6 Å². The molecule has 0 unspecified atom stereocenters. The largest absolute Gasteiger partial charge is 0.296 e. The molecule has 0 aliphatic heterocycles. The van der Waals surface area contributed by atoms with Crippen LogP contribution in [0, 0.1) is 0 Å². The van der Waals surface area contributed by atoms with Gasteiger partial charge in [0.15, 0.2) is 0 Å². The highest BCUT2D eigenvalue weighted by molar-refractivity contribution is 5.80.